The Labute approximate surface area is 118 Å². The predicted octanol–water partition coefficient (Wildman–Crippen LogP) is 4.20. The summed E-state index contributed by atoms with van der Waals surface area (Å²) in [6, 6.07) is 5.31. The molecule has 2 aromatic rings. The molecule has 0 aliphatic carbocycles. The third-order valence-electron chi connectivity index (χ3n) is 2.56. The highest BCUT2D eigenvalue weighted by atomic mass is 79.9. The summed E-state index contributed by atoms with van der Waals surface area (Å²) in [4.78, 5) is 11.8. The molecule has 0 bridgehead atoms. The van der Waals surface area contributed by atoms with E-state index in [1.165, 1.54) is 0 Å². The van der Waals surface area contributed by atoms with E-state index in [1.807, 2.05) is 0 Å². The van der Waals surface area contributed by atoms with Gasteiger partial charge in [0.2, 0.25) is 5.76 Å². The van der Waals surface area contributed by atoms with Crippen LogP contribution < -0.4 is 0 Å². The normalized spacial score (nSPS) is 10.8. The molecule has 0 fully saturated rings. The summed E-state index contributed by atoms with van der Waals surface area (Å²) in [6.07, 6.45) is 0.682. The van der Waals surface area contributed by atoms with Gasteiger partial charge in [-0.1, -0.05) is 27.5 Å². The lowest BCUT2D eigenvalue weighted by atomic mass is 10.1. The van der Waals surface area contributed by atoms with E-state index in [4.69, 9.17) is 20.8 Å². The Kier molecular flexibility index (Phi) is 4.30. The smallest absolute Gasteiger partial charge is 0.374 e. The molecule has 0 radical (unpaired) electrons. The summed E-state index contributed by atoms with van der Waals surface area (Å²) in [5.74, 6) is -0.158. The number of esters is 1. The molecular formula is C13H12BrClO3. The molecular weight excluding hydrogens is 319 g/mol. The number of alkyl halides is 1. The van der Waals surface area contributed by atoms with Crippen molar-refractivity contribution in [2.24, 2.45) is 0 Å². The Balaban J connectivity index is 2.57. The Morgan fingerprint density at radius 1 is 1.50 bits per heavy atom. The van der Waals surface area contributed by atoms with Crippen LogP contribution in [-0.2, 0) is 11.2 Å². The van der Waals surface area contributed by atoms with Crippen molar-refractivity contribution in [2.45, 2.75) is 13.3 Å². The van der Waals surface area contributed by atoms with Crippen LogP contribution in [0.5, 0.6) is 0 Å². The van der Waals surface area contributed by atoms with Gasteiger partial charge in [0, 0.05) is 21.3 Å². The first-order valence-electron chi connectivity index (χ1n) is 5.61. The van der Waals surface area contributed by atoms with Gasteiger partial charge in [-0.15, -0.1) is 0 Å². The van der Waals surface area contributed by atoms with E-state index < -0.39 is 5.97 Å². The number of halogens is 2. The summed E-state index contributed by atoms with van der Waals surface area (Å²) >= 11 is 9.34. The minimum Gasteiger partial charge on any atom is -0.460 e. The minimum absolute atomic E-state index is 0.272. The number of hydrogen-bond donors (Lipinski definition) is 0. The van der Waals surface area contributed by atoms with Crippen molar-refractivity contribution in [1.29, 1.82) is 0 Å². The molecule has 0 spiro atoms. The van der Waals surface area contributed by atoms with Crippen LogP contribution in [0.25, 0.3) is 11.0 Å². The predicted molar refractivity (Wildman–Crippen MR) is 74.7 cm³/mol. The maximum Gasteiger partial charge on any atom is 0.374 e. The minimum atomic E-state index is -0.430. The number of fused-ring (bicyclic) bond motifs is 1. The van der Waals surface area contributed by atoms with Crippen LogP contribution in [0, 0.1) is 0 Å². The molecule has 18 heavy (non-hydrogen) atoms. The van der Waals surface area contributed by atoms with Crippen molar-refractivity contribution >= 4 is 44.5 Å². The van der Waals surface area contributed by atoms with Gasteiger partial charge in [-0.05, 0) is 31.5 Å². The van der Waals surface area contributed by atoms with Crippen LogP contribution in [0.3, 0.4) is 0 Å². The number of furan rings is 1. The van der Waals surface area contributed by atoms with Crippen LogP contribution in [0.15, 0.2) is 22.6 Å². The molecule has 0 aliphatic heterocycles. The topological polar surface area (TPSA) is 39.4 Å². The van der Waals surface area contributed by atoms with Crippen LogP contribution in [0.4, 0.5) is 0 Å². The van der Waals surface area contributed by atoms with Gasteiger partial charge in [-0.3, -0.25) is 0 Å². The van der Waals surface area contributed by atoms with Gasteiger partial charge in [0.25, 0.3) is 0 Å². The molecule has 5 heteroatoms. The van der Waals surface area contributed by atoms with Crippen LogP contribution in [-0.4, -0.2) is 17.9 Å². The Morgan fingerprint density at radius 3 is 2.94 bits per heavy atom. The standard InChI is InChI=1S/C13H12BrClO3/c1-2-17-13(16)12-9(5-6-14)10-7-8(15)3-4-11(10)18-12/h3-4,7H,2,5-6H2,1H3. The molecule has 0 unspecified atom stereocenters. The van der Waals surface area contributed by atoms with E-state index in [9.17, 15) is 4.79 Å². The third-order valence-corrected chi connectivity index (χ3v) is 3.19. The zero-order valence-corrected chi connectivity index (χ0v) is 12.2. The van der Waals surface area contributed by atoms with Crippen LogP contribution >= 0.6 is 27.5 Å². The molecule has 1 heterocycles. The van der Waals surface area contributed by atoms with E-state index in [-0.39, 0.29) is 5.76 Å². The Hall–Kier alpha value is -1.000. The third kappa shape index (κ3) is 2.54. The average Bonchev–Trinajstić information content (AvgIpc) is 2.69. The zero-order valence-electron chi connectivity index (χ0n) is 9.83. The fourth-order valence-electron chi connectivity index (χ4n) is 1.83. The van der Waals surface area contributed by atoms with Crippen molar-refractivity contribution in [2.75, 3.05) is 11.9 Å². The van der Waals surface area contributed by atoms with Gasteiger partial charge in [-0.25, -0.2) is 4.79 Å². The quantitative estimate of drug-likeness (QED) is 0.622. The lowest BCUT2D eigenvalue weighted by Crippen LogP contribution is -2.06. The monoisotopic (exact) mass is 330 g/mol. The molecule has 0 amide bonds. The Morgan fingerprint density at radius 2 is 2.28 bits per heavy atom. The number of aryl methyl sites for hydroxylation is 1. The van der Waals surface area contributed by atoms with Crippen molar-refractivity contribution in [3.8, 4) is 0 Å². The maximum atomic E-state index is 11.8. The van der Waals surface area contributed by atoms with E-state index in [1.54, 1.807) is 25.1 Å². The summed E-state index contributed by atoms with van der Waals surface area (Å²) in [6.45, 7) is 2.09. The van der Waals surface area contributed by atoms with Gasteiger partial charge in [0.15, 0.2) is 0 Å². The SMILES string of the molecule is CCOC(=O)c1oc2ccc(Cl)cc2c1CCBr. The molecule has 3 nitrogen and oxygen atoms in total. The molecule has 0 saturated carbocycles. The molecule has 0 N–H and O–H groups in total. The molecule has 1 aromatic heterocycles. The van der Waals surface area contributed by atoms with Crippen molar-refractivity contribution in [3.05, 3.63) is 34.5 Å². The number of rotatable bonds is 4. The van der Waals surface area contributed by atoms with E-state index in [2.05, 4.69) is 15.9 Å². The largest absolute Gasteiger partial charge is 0.460 e. The second-order valence-corrected chi connectivity index (χ2v) is 4.94. The molecule has 96 valence electrons. The molecule has 1 aromatic carbocycles. The number of carbonyl (C=O) groups is 1. The highest BCUT2D eigenvalue weighted by molar-refractivity contribution is 9.09. The summed E-state index contributed by atoms with van der Waals surface area (Å²) in [7, 11) is 0. The molecule has 0 aliphatic rings. The lowest BCUT2D eigenvalue weighted by Gasteiger charge is -2.01. The summed E-state index contributed by atoms with van der Waals surface area (Å²) in [5.41, 5.74) is 1.49. The van der Waals surface area contributed by atoms with E-state index in [0.29, 0.717) is 23.6 Å². The Bertz CT molecular complexity index is 577. The van der Waals surface area contributed by atoms with Gasteiger partial charge in [0.1, 0.15) is 5.58 Å². The highest BCUT2D eigenvalue weighted by Crippen LogP contribution is 2.29. The van der Waals surface area contributed by atoms with Gasteiger partial charge in [-0.2, -0.15) is 0 Å². The van der Waals surface area contributed by atoms with Crippen molar-refractivity contribution in [3.63, 3.8) is 0 Å². The first-order chi connectivity index (χ1) is 8.67. The van der Waals surface area contributed by atoms with Gasteiger partial charge in [0.05, 0.1) is 6.61 Å². The fraction of sp³-hybridized carbons (Fsp3) is 0.308. The number of hydrogen-bond acceptors (Lipinski definition) is 3. The average molecular weight is 332 g/mol. The first kappa shape index (κ1) is 13.4. The maximum absolute atomic E-state index is 11.8. The number of carbonyl (C=O) groups excluding carboxylic acids is 1. The first-order valence-corrected chi connectivity index (χ1v) is 7.11. The molecule has 0 saturated heterocycles. The second-order valence-electron chi connectivity index (χ2n) is 3.71. The van der Waals surface area contributed by atoms with Crippen molar-refractivity contribution in [1.82, 2.24) is 0 Å². The number of benzene rings is 1. The highest BCUT2D eigenvalue weighted by Gasteiger charge is 2.21. The number of ether oxygens (including phenoxy) is 1. The van der Waals surface area contributed by atoms with E-state index in [0.717, 1.165) is 16.3 Å². The van der Waals surface area contributed by atoms with Gasteiger partial charge < -0.3 is 9.15 Å². The van der Waals surface area contributed by atoms with Gasteiger partial charge >= 0.3 is 5.97 Å². The molecule has 2 rings (SSSR count). The van der Waals surface area contributed by atoms with E-state index >= 15 is 0 Å². The fourth-order valence-corrected chi connectivity index (χ4v) is 2.39. The lowest BCUT2D eigenvalue weighted by molar-refractivity contribution is 0.0491. The zero-order chi connectivity index (χ0) is 13.1. The van der Waals surface area contributed by atoms with Crippen molar-refractivity contribution < 1.29 is 13.9 Å². The summed E-state index contributed by atoms with van der Waals surface area (Å²) in [5, 5.41) is 2.22. The van der Waals surface area contributed by atoms with Crippen LogP contribution in [0.2, 0.25) is 5.02 Å². The van der Waals surface area contributed by atoms with Crippen LogP contribution in [0.1, 0.15) is 23.0 Å². The summed E-state index contributed by atoms with van der Waals surface area (Å²) < 4.78 is 10.6. The molecule has 0 atom stereocenters. The second kappa shape index (κ2) is 5.76.